The zero-order valence-electron chi connectivity index (χ0n) is 11.5. The summed E-state index contributed by atoms with van der Waals surface area (Å²) in [4.78, 5) is 0. The Labute approximate surface area is 100 Å². The molecule has 0 nitrogen and oxygen atoms in total. The predicted molar refractivity (Wildman–Crippen MR) is 70.8 cm³/mol. The van der Waals surface area contributed by atoms with Crippen molar-refractivity contribution in [3.8, 4) is 0 Å². The van der Waals surface area contributed by atoms with Crippen molar-refractivity contribution >= 4 is 0 Å². The van der Waals surface area contributed by atoms with Crippen LogP contribution >= 0.6 is 0 Å². The Bertz CT molecular complexity index is 400. The van der Waals surface area contributed by atoms with E-state index in [1.54, 1.807) is 11.1 Å². The van der Waals surface area contributed by atoms with Crippen molar-refractivity contribution in [2.75, 3.05) is 0 Å². The maximum atomic E-state index is 2.44. The van der Waals surface area contributed by atoms with Gasteiger partial charge in [0.05, 0.1) is 0 Å². The van der Waals surface area contributed by atoms with Crippen LogP contribution in [0.2, 0.25) is 0 Å². The Kier molecular flexibility index (Phi) is 2.45. The van der Waals surface area contributed by atoms with Gasteiger partial charge in [-0.3, -0.25) is 0 Å². The van der Waals surface area contributed by atoms with Gasteiger partial charge in [0.2, 0.25) is 0 Å². The van der Waals surface area contributed by atoms with E-state index in [9.17, 15) is 0 Å². The Balaban J connectivity index is 2.70. The molecule has 16 heavy (non-hydrogen) atoms. The smallest absolute Gasteiger partial charge is 0.000736 e. The molecule has 0 spiro atoms. The lowest BCUT2D eigenvalue weighted by Crippen LogP contribution is -2.41. The third-order valence-corrected chi connectivity index (χ3v) is 5.56. The molecule has 2 unspecified atom stereocenters. The second-order valence-corrected chi connectivity index (χ2v) is 6.39. The van der Waals surface area contributed by atoms with Crippen molar-refractivity contribution in [3.05, 3.63) is 35.4 Å². The van der Waals surface area contributed by atoms with Crippen molar-refractivity contribution in [1.29, 1.82) is 0 Å². The molecular formula is C16H24. The standard InChI is InChI=1S/C16H24/c1-11(2)16(6)14-10-8-7-9-13(14)12(3)15(16,4)5/h7-12H,1-6H3. The van der Waals surface area contributed by atoms with Gasteiger partial charge < -0.3 is 0 Å². The topological polar surface area (TPSA) is 0 Å². The SMILES string of the molecule is CC1c2ccccc2C(C)(C(C)C)C1(C)C. The van der Waals surface area contributed by atoms with Gasteiger partial charge in [-0.2, -0.15) is 0 Å². The molecule has 0 heteroatoms. The van der Waals surface area contributed by atoms with Gasteiger partial charge in [0.25, 0.3) is 0 Å². The van der Waals surface area contributed by atoms with Gasteiger partial charge in [0.1, 0.15) is 0 Å². The molecule has 1 aliphatic rings. The van der Waals surface area contributed by atoms with E-state index in [4.69, 9.17) is 0 Å². The predicted octanol–water partition coefficient (Wildman–Crippen LogP) is 4.74. The summed E-state index contributed by atoms with van der Waals surface area (Å²) in [6, 6.07) is 9.01. The minimum atomic E-state index is 0.295. The van der Waals surface area contributed by atoms with E-state index >= 15 is 0 Å². The molecule has 1 aromatic rings. The summed E-state index contributed by atoms with van der Waals surface area (Å²) in [5, 5.41) is 0. The molecule has 1 aromatic carbocycles. The second-order valence-electron chi connectivity index (χ2n) is 6.39. The fraction of sp³-hybridized carbons (Fsp3) is 0.625. The van der Waals surface area contributed by atoms with Crippen molar-refractivity contribution in [2.45, 2.75) is 52.9 Å². The van der Waals surface area contributed by atoms with E-state index in [0.29, 0.717) is 22.7 Å². The summed E-state index contributed by atoms with van der Waals surface area (Å²) < 4.78 is 0. The van der Waals surface area contributed by atoms with E-state index in [1.165, 1.54) is 0 Å². The van der Waals surface area contributed by atoms with Crippen molar-refractivity contribution in [1.82, 2.24) is 0 Å². The van der Waals surface area contributed by atoms with E-state index in [-0.39, 0.29) is 0 Å². The largest absolute Gasteiger partial charge is 0.0620 e. The Hall–Kier alpha value is -0.780. The molecule has 0 heterocycles. The highest BCUT2D eigenvalue weighted by Crippen LogP contribution is 2.61. The van der Waals surface area contributed by atoms with Gasteiger partial charge in [-0.25, -0.2) is 0 Å². The Morgan fingerprint density at radius 3 is 2.19 bits per heavy atom. The van der Waals surface area contributed by atoms with Gasteiger partial charge >= 0.3 is 0 Å². The number of benzene rings is 1. The highest BCUT2D eigenvalue weighted by Gasteiger charge is 2.54. The van der Waals surface area contributed by atoms with Crippen LogP contribution in [0.1, 0.15) is 58.6 Å². The number of hydrogen-bond donors (Lipinski definition) is 0. The molecule has 0 bridgehead atoms. The van der Waals surface area contributed by atoms with Crippen LogP contribution in [0.3, 0.4) is 0 Å². The average molecular weight is 216 g/mol. The molecule has 0 fully saturated rings. The van der Waals surface area contributed by atoms with Gasteiger partial charge in [-0.15, -0.1) is 0 Å². The van der Waals surface area contributed by atoms with Crippen molar-refractivity contribution < 1.29 is 0 Å². The van der Waals surface area contributed by atoms with Gasteiger partial charge in [0, 0.05) is 5.41 Å². The quantitative estimate of drug-likeness (QED) is 0.636. The molecule has 0 radical (unpaired) electrons. The second kappa shape index (κ2) is 3.35. The van der Waals surface area contributed by atoms with E-state index < -0.39 is 0 Å². The normalized spacial score (nSPS) is 31.8. The number of fused-ring (bicyclic) bond motifs is 1. The first-order valence-electron chi connectivity index (χ1n) is 6.43. The molecule has 1 aliphatic carbocycles. The summed E-state index contributed by atoms with van der Waals surface area (Å²) in [5.41, 5.74) is 3.76. The van der Waals surface area contributed by atoms with Gasteiger partial charge in [-0.1, -0.05) is 65.8 Å². The summed E-state index contributed by atoms with van der Waals surface area (Å²) in [7, 11) is 0. The van der Waals surface area contributed by atoms with Crippen LogP contribution in [0.25, 0.3) is 0 Å². The lowest BCUT2D eigenvalue weighted by Gasteiger charge is -2.45. The summed E-state index contributed by atoms with van der Waals surface area (Å²) in [6.45, 7) is 14.4. The molecule has 2 rings (SSSR count). The van der Waals surface area contributed by atoms with E-state index in [2.05, 4.69) is 65.8 Å². The minimum absolute atomic E-state index is 0.295. The molecule has 0 N–H and O–H groups in total. The van der Waals surface area contributed by atoms with Crippen LogP contribution in [0.15, 0.2) is 24.3 Å². The van der Waals surface area contributed by atoms with Crippen molar-refractivity contribution in [3.63, 3.8) is 0 Å². The van der Waals surface area contributed by atoms with Crippen LogP contribution in [0, 0.1) is 11.3 Å². The zero-order chi connectivity index (χ0) is 12.1. The molecule has 88 valence electrons. The Morgan fingerprint density at radius 2 is 1.62 bits per heavy atom. The summed E-state index contributed by atoms with van der Waals surface area (Å²) in [6.07, 6.45) is 0. The fourth-order valence-electron chi connectivity index (χ4n) is 3.59. The molecule has 0 aliphatic heterocycles. The highest BCUT2D eigenvalue weighted by atomic mass is 14.6. The first kappa shape index (κ1) is 11.7. The van der Waals surface area contributed by atoms with Gasteiger partial charge in [0.15, 0.2) is 0 Å². The number of rotatable bonds is 1. The molecule has 2 atom stereocenters. The minimum Gasteiger partial charge on any atom is -0.0620 e. The average Bonchev–Trinajstić information content (AvgIpc) is 2.40. The maximum Gasteiger partial charge on any atom is 0.000736 e. The maximum absolute atomic E-state index is 2.44. The van der Waals surface area contributed by atoms with Crippen molar-refractivity contribution in [2.24, 2.45) is 11.3 Å². The highest BCUT2D eigenvalue weighted by molar-refractivity contribution is 5.45. The molecule has 0 amide bonds. The van der Waals surface area contributed by atoms with Crippen LogP contribution in [0.5, 0.6) is 0 Å². The first-order chi connectivity index (χ1) is 7.33. The monoisotopic (exact) mass is 216 g/mol. The third kappa shape index (κ3) is 1.16. The van der Waals surface area contributed by atoms with Crippen LogP contribution < -0.4 is 0 Å². The molecule has 0 saturated carbocycles. The van der Waals surface area contributed by atoms with E-state index in [1.807, 2.05) is 0 Å². The number of hydrogen-bond acceptors (Lipinski definition) is 0. The molecular weight excluding hydrogens is 192 g/mol. The fourth-order valence-corrected chi connectivity index (χ4v) is 3.59. The lowest BCUT2D eigenvalue weighted by atomic mass is 9.59. The van der Waals surface area contributed by atoms with Gasteiger partial charge in [-0.05, 0) is 28.4 Å². The van der Waals surface area contributed by atoms with Crippen LogP contribution in [-0.2, 0) is 5.41 Å². The summed E-state index contributed by atoms with van der Waals surface area (Å²) in [5.74, 6) is 1.32. The lowest BCUT2D eigenvalue weighted by molar-refractivity contribution is 0.122. The van der Waals surface area contributed by atoms with Crippen LogP contribution in [-0.4, -0.2) is 0 Å². The molecule has 0 saturated heterocycles. The zero-order valence-corrected chi connectivity index (χ0v) is 11.5. The Morgan fingerprint density at radius 1 is 1.06 bits per heavy atom. The third-order valence-electron chi connectivity index (χ3n) is 5.56. The van der Waals surface area contributed by atoms with Crippen LogP contribution in [0.4, 0.5) is 0 Å². The first-order valence-corrected chi connectivity index (χ1v) is 6.43. The summed E-state index contributed by atoms with van der Waals surface area (Å²) >= 11 is 0. The molecule has 0 aromatic heterocycles. The van der Waals surface area contributed by atoms with E-state index in [0.717, 1.165) is 0 Å².